The van der Waals surface area contributed by atoms with Crippen LogP contribution in [0.3, 0.4) is 0 Å². The van der Waals surface area contributed by atoms with Crippen molar-refractivity contribution in [2.45, 2.75) is 13.5 Å². The molecule has 3 rings (SSSR count). The lowest BCUT2D eigenvalue weighted by atomic mass is 10.2. The SMILES string of the molecule is CCOc1ccc(CN2CCN(c3ccc(C#N)nc3)CC2)cc1. The Morgan fingerprint density at radius 3 is 2.42 bits per heavy atom. The van der Waals surface area contributed by atoms with Gasteiger partial charge < -0.3 is 9.64 Å². The molecule has 24 heavy (non-hydrogen) atoms. The maximum atomic E-state index is 8.82. The summed E-state index contributed by atoms with van der Waals surface area (Å²) in [6.45, 7) is 7.66. The Morgan fingerprint density at radius 1 is 1.08 bits per heavy atom. The van der Waals surface area contributed by atoms with Gasteiger partial charge in [0, 0.05) is 32.7 Å². The third-order valence-corrected chi connectivity index (χ3v) is 4.24. The van der Waals surface area contributed by atoms with Crippen molar-refractivity contribution in [3.8, 4) is 11.8 Å². The second-order valence-electron chi connectivity index (χ2n) is 5.85. The van der Waals surface area contributed by atoms with E-state index < -0.39 is 0 Å². The van der Waals surface area contributed by atoms with Gasteiger partial charge in [0.1, 0.15) is 17.5 Å². The van der Waals surface area contributed by atoms with E-state index in [1.54, 1.807) is 12.3 Å². The fourth-order valence-electron chi connectivity index (χ4n) is 2.92. The number of nitriles is 1. The molecule has 0 aliphatic carbocycles. The Balaban J connectivity index is 1.52. The van der Waals surface area contributed by atoms with Gasteiger partial charge in [-0.1, -0.05) is 12.1 Å². The van der Waals surface area contributed by atoms with Crippen molar-refractivity contribution in [3.63, 3.8) is 0 Å². The summed E-state index contributed by atoms with van der Waals surface area (Å²) in [5.74, 6) is 0.930. The Labute approximate surface area is 143 Å². The maximum absolute atomic E-state index is 8.82. The fourth-order valence-corrected chi connectivity index (χ4v) is 2.92. The monoisotopic (exact) mass is 322 g/mol. The molecule has 0 saturated carbocycles. The summed E-state index contributed by atoms with van der Waals surface area (Å²) in [6, 6.07) is 14.2. The highest BCUT2D eigenvalue weighted by Gasteiger charge is 2.17. The van der Waals surface area contributed by atoms with E-state index >= 15 is 0 Å². The fraction of sp³-hybridized carbons (Fsp3) is 0.368. The third kappa shape index (κ3) is 4.03. The van der Waals surface area contributed by atoms with Crippen molar-refractivity contribution in [2.24, 2.45) is 0 Å². The molecule has 1 aliphatic rings. The molecule has 1 fully saturated rings. The van der Waals surface area contributed by atoms with Crippen LogP contribution in [-0.2, 0) is 6.54 Å². The lowest BCUT2D eigenvalue weighted by Crippen LogP contribution is -2.46. The first-order valence-corrected chi connectivity index (χ1v) is 8.33. The summed E-state index contributed by atoms with van der Waals surface area (Å²) in [7, 11) is 0. The van der Waals surface area contributed by atoms with Gasteiger partial charge in [-0.05, 0) is 36.8 Å². The number of rotatable bonds is 5. The quantitative estimate of drug-likeness (QED) is 0.847. The second kappa shape index (κ2) is 7.80. The number of benzene rings is 1. The van der Waals surface area contributed by atoms with Crippen LogP contribution in [0, 0.1) is 11.3 Å². The average molecular weight is 322 g/mol. The van der Waals surface area contributed by atoms with Gasteiger partial charge >= 0.3 is 0 Å². The largest absolute Gasteiger partial charge is 0.494 e. The predicted octanol–water partition coefficient (Wildman–Crippen LogP) is 2.67. The first-order valence-electron chi connectivity index (χ1n) is 8.33. The first kappa shape index (κ1) is 16.3. The van der Waals surface area contributed by atoms with E-state index in [9.17, 15) is 0 Å². The lowest BCUT2D eigenvalue weighted by molar-refractivity contribution is 0.249. The summed E-state index contributed by atoms with van der Waals surface area (Å²) < 4.78 is 5.48. The molecule has 2 heterocycles. The molecule has 2 aromatic rings. The van der Waals surface area contributed by atoms with Crippen LogP contribution in [0.4, 0.5) is 5.69 Å². The van der Waals surface area contributed by atoms with E-state index in [4.69, 9.17) is 10.00 Å². The lowest BCUT2D eigenvalue weighted by Gasteiger charge is -2.36. The molecule has 0 amide bonds. The maximum Gasteiger partial charge on any atom is 0.140 e. The standard InChI is InChI=1S/C19H22N4O/c1-2-24-19-7-3-16(4-8-19)15-22-9-11-23(12-10-22)18-6-5-17(13-20)21-14-18/h3-8,14H,2,9-12,15H2,1H3. The van der Waals surface area contributed by atoms with Gasteiger partial charge in [-0.2, -0.15) is 5.26 Å². The minimum Gasteiger partial charge on any atom is -0.494 e. The van der Waals surface area contributed by atoms with Crippen LogP contribution in [0.5, 0.6) is 5.75 Å². The number of hydrogen-bond acceptors (Lipinski definition) is 5. The minimum atomic E-state index is 0.466. The van der Waals surface area contributed by atoms with Gasteiger partial charge in [0.15, 0.2) is 0 Å². The van der Waals surface area contributed by atoms with Crippen LogP contribution in [0.2, 0.25) is 0 Å². The van der Waals surface area contributed by atoms with Gasteiger partial charge in [-0.25, -0.2) is 4.98 Å². The van der Waals surface area contributed by atoms with Crippen LogP contribution in [0.1, 0.15) is 18.2 Å². The number of nitrogens with zero attached hydrogens (tertiary/aromatic N) is 4. The van der Waals surface area contributed by atoms with Crippen molar-refractivity contribution >= 4 is 5.69 Å². The predicted molar refractivity (Wildman–Crippen MR) is 94.1 cm³/mol. The Hall–Kier alpha value is -2.58. The molecule has 0 spiro atoms. The minimum absolute atomic E-state index is 0.466. The molecule has 0 bridgehead atoms. The Kier molecular flexibility index (Phi) is 5.29. The highest BCUT2D eigenvalue weighted by Crippen LogP contribution is 2.18. The molecule has 0 N–H and O–H groups in total. The molecule has 0 atom stereocenters. The Morgan fingerprint density at radius 2 is 1.83 bits per heavy atom. The molecule has 0 unspecified atom stereocenters. The zero-order valence-corrected chi connectivity index (χ0v) is 14.0. The van der Waals surface area contributed by atoms with E-state index in [0.717, 1.165) is 44.2 Å². The van der Waals surface area contributed by atoms with Gasteiger partial charge in [0.05, 0.1) is 18.5 Å². The van der Waals surface area contributed by atoms with E-state index in [-0.39, 0.29) is 0 Å². The smallest absolute Gasteiger partial charge is 0.140 e. The van der Waals surface area contributed by atoms with Gasteiger partial charge in [-0.15, -0.1) is 0 Å². The van der Waals surface area contributed by atoms with E-state index in [1.165, 1.54) is 5.56 Å². The van der Waals surface area contributed by atoms with Gasteiger partial charge in [0.2, 0.25) is 0 Å². The summed E-state index contributed by atoms with van der Waals surface area (Å²) >= 11 is 0. The van der Waals surface area contributed by atoms with E-state index in [1.807, 2.05) is 25.1 Å². The van der Waals surface area contributed by atoms with Gasteiger partial charge in [0.25, 0.3) is 0 Å². The molecular weight excluding hydrogens is 300 g/mol. The summed E-state index contributed by atoms with van der Waals surface area (Å²) in [5, 5.41) is 8.82. The molecular formula is C19H22N4O. The molecule has 1 aliphatic heterocycles. The zero-order chi connectivity index (χ0) is 16.8. The zero-order valence-electron chi connectivity index (χ0n) is 14.0. The van der Waals surface area contributed by atoms with Crippen LogP contribution in [0.25, 0.3) is 0 Å². The van der Waals surface area contributed by atoms with Gasteiger partial charge in [-0.3, -0.25) is 4.90 Å². The number of pyridine rings is 1. The van der Waals surface area contributed by atoms with E-state index in [2.05, 4.69) is 33.0 Å². The molecule has 5 nitrogen and oxygen atoms in total. The summed E-state index contributed by atoms with van der Waals surface area (Å²) in [5.41, 5.74) is 2.87. The van der Waals surface area contributed by atoms with Crippen LogP contribution < -0.4 is 9.64 Å². The molecule has 5 heteroatoms. The third-order valence-electron chi connectivity index (χ3n) is 4.24. The molecule has 124 valence electrons. The van der Waals surface area contributed by atoms with Crippen molar-refractivity contribution in [2.75, 3.05) is 37.7 Å². The Bertz CT molecular complexity index is 683. The van der Waals surface area contributed by atoms with Crippen LogP contribution >= 0.6 is 0 Å². The number of hydrogen-bond donors (Lipinski definition) is 0. The average Bonchev–Trinajstić information content (AvgIpc) is 2.64. The van der Waals surface area contributed by atoms with Crippen molar-refractivity contribution < 1.29 is 4.74 Å². The van der Waals surface area contributed by atoms with Crippen LogP contribution in [-0.4, -0.2) is 42.7 Å². The van der Waals surface area contributed by atoms with Crippen LogP contribution in [0.15, 0.2) is 42.6 Å². The highest BCUT2D eigenvalue weighted by molar-refractivity contribution is 5.46. The second-order valence-corrected chi connectivity index (χ2v) is 5.85. The normalized spacial score (nSPS) is 15.1. The number of piperazine rings is 1. The summed E-state index contributed by atoms with van der Waals surface area (Å²) in [6.07, 6.45) is 1.79. The molecule has 0 radical (unpaired) electrons. The number of aromatic nitrogens is 1. The molecule has 1 aromatic carbocycles. The topological polar surface area (TPSA) is 52.4 Å². The number of ether oxygens (including phenoxy) is 1. The van der Waals surface area contributed by atoms with Crippen molar-refractivity contribution in [1.29, 1.82) is 5.26 Å². The molecule has 1 aromatic heterocycles. The number of anilines is 1. The summed E-state index contributed by atoms with van der Waals surface area (Å²) in [4.78, 5) is 8.94. The van der Waals surface area contributed by atoms with E-state index in [0.29, 0.717) is 12.3 Å². The van der Waals surface area contributed by atoms with Crippen molar-refractivity contribution in [3.05, 3.63) is 53.9 Å². The molecule has 1 saturated heterocycles. The first-order chi connectivity index (χ1) is 11.8. The van der Waals surface area contributed by atoms with Crippen molar-refractivity contribution in [1.82, 2.24) is 9.88 Å². The highest BCUT2D eigenvalue weighted by atomic mass is 16.5.